The molecule has 5 aromatic heterocycles. The quantitative estimate of drug-likeness (QED) is 0.420. The highest BCUT2D eigenvalue weighted by atomic mass is 19.1. The van der Waals surface area contributed by atoms with Gasteiger partial charge in [0.05, 0.1) is 23.1 Å². The molecule has 0 amide bonds. The molecule has 0 saturated carbocycles. The Labute approximate surface area is 186 Å². The van der Waals surface area contributed by atoms with Crippen molar-refractivity contribution in [2.75, 3.05) is 10.6 Å². The molecule has 5 heterocycles. The first-order valence-electron chi connectivity index (χ1n) is 10.1. The first-order valence-corrected chi connectivity index (χ1v) is 10.1. The predicted octanol–water partition coefficient (Wildman–Crippen LogP) is 3.80. The summed E-state index contributed by atoms with van der Waals surface area (Å²) < 4.78 is 19.5. The van der Waals surface area contributed by atoms with Crippen LogP contribution in [0.25, 0.3) is 22.4 Å². The van der Waals surface area contributed by atoms with Crippen LogP contribution in [0.2, 0.25) is 0 Å². The number of rotatable bonds is 5. The Bertz CT molecular complexity index is 1610. The summed E-state index contributed by atoms with van der Waals surface area (Å²) in [5.74, 6) is 1.31. The number of fused-ring (bicyclic) bond motifs is 3. The van der Waals surface area contributed by atoms with Crippen molar-refractivity contribution >= 4 is 34.6 Å². The fraction of sp³-hybridized carbons (Fsp3) is 0.0455. The van der Waals surface area contributed by atoms with Gasteiger partial charge in [-0.3, -0.25) is 9.08 Å². The maximum Gasteiger partial charge on any atom is 0.233 e. The number of halogens is 1. The van der Waals surface area contributed by atoms with Gasteiger partial charge in [-0.1, -0.05) is 12.1 Å². The van der Waals surface area contributed by atoms with Crippen LogP contribution >= 0.6 is 0 Å². The van der Waals surface area contributed by atoms with Crippen LogP contribution in [0.4, 0.5) is 27.8 Å². The van der Waals surface area contributed by atoms with Gasteiger partial charge in [0.2, 0.25) is 11.9 Å². The first kappa shape index (κ1) is 18.9. The first-order chi connectivity index (χ1) is 16.2. The molecule has 2 N–H and O–H groups in total. The van der Waals surface area contributed by atoms with Crippen molar-refractivity contribution in [2.24, 2.45) is 7.05 Å². The van der Waals surface area contributed by atoms with E-state index in [1.54, 1.807) is 39.7 Å². The maximum atomic E-state index is 14.1. The summed E-state index contributed by atoms with van der Waals surface area (Å²) in [4.78, 5) is 8.93. The fourth-order valence-corrected chi connectivity index (χ4v) is 3.63. The lowest BCUT2D eigenvalue weighted by Crippen LogP contribution is -2.02. The van der Waals surface area contributed by atoms with E-state index in [2.05, 4.69) is 35.9 Å². The van der Waals surface area contributed by atoms with Gasteiger partial charge in [-0.25, -0.2) is 14.4 Å². The van der Waals surface area contributed by atoms with Gasteiger partial charge in [0, 0.05) is 43.5 Å². The van der Waals surface area contributed by atoms with Crippen LogP contribution in [-0.4, -0.2) is 38.7 Å². The van der Waals surface area contributed by atoms with Gasteiger partial charge in [0.1, 0.15) is 11.6 Å². The van der Waals surface area contributed by atoms with Crippen LogP contribution in [0.15, 0.2) is 73.4 Å². The lowest BCUT2D eigenvalue weighted by molar-refractivity contribution is 0.631. The predicted molar refractivity (Wildman–Crippen MR) is 121 cm³/mol. The van der Waals surface area contributed by atoms with Gasteiger partial charge >= 0.3 is 0 Å². The van der Waals surface area contributed by atoms with Gasteiger partial charge < -0.3 is 15.0 Å². The van der Waals surface area contributed by atoms with Crippen LogP contribution < -0.4 is 10.6 Å². The molecule has 6 rings (SSSR count). The van der Waals surface area contributed by atoms with E-state index in [4.69, 9.17) is 0 Å². The SMILES string of the molecule is Cn1nccc1Nc1nccc(-c2cc3c4nnc(Nc5ccccc5F)n4ccn3c2)n1. The molecule has 10 nitrogen and oxygen atoms in total. The Morgan fingerprint density at radius 1 is 0.970 bits per heavy atom. The van der Waals surface area contributed by atoms with Crippen molar-refractivity contribution in [3.8, 4) is 11.3 Å². The zero-order valence-corrected chi connectivity index (χ0v) is 17.4. The number of hydrogen-bond acceptors (Lipinski definition) is 7. The van der Waals surface area contributed by atoms with Crippen LogP contribution in [0.1, 0.15) is 0 Å². The van der Waals surface area contributed by atoms with E-state index in [1.807, 2.05) is 48.2 Å². The normalized spacial score (nSPS) is 11.3. The summed E-state index contributed by atoms with van der Waals surface area (Å²) in [5, 5.41) is 18.8. The summed E-state index contributed by atoms with van der Waals surface area (Å²) in [6.45, 7) is 0. The maximum absolute atomic E-state index is 14.1. The van der Waals surface area contributed by atoms with Crippen LogP contribution in [0.3, 0.4) is 0 Å². The second kappa shape index (κ2) is 7.41. The molecule has 0 spiro atoms. The average molecular weight is 440 g/mol. The van der Waals surface area contributed by atoms with Gasteiger partial charge in [-0.15, -0.1) is 10.2 Å². The third-order valence-electron chi connectivity index (χ3n) is 5.28. The second-order valence-electron chi connectivity index (χ2n) is 7.37. The van der Waals surface area contributed by atoms with Crippen molar-refractivity contribution in [2.45, 2.75) is 0 Å². The molecule has 0 aliphatic heterocycles. The number of benzene rings is 1. The van der Waals surface area contributed by atoms with E-state index < -0.39 is 0 Å². The third kappa shape index (κ3) is 3.31. The number of aryl methyl sites for hydroxylation is 1. The highest BCUT2D eigenvalue weighted by Crippen LogP contribution is 2.26. The van der Waals surface area contributed by atoms with E-state index in [0.29, 0.717) is 23.2 Å². The molecule has 0 atom stereocenters. The number of hydrogen-bond donors (Lipinski definition) is 2. The Morgan fingerprint density at radius 3 is 2.73 bits per heavy atom. The molecule has 0 unspecified atom stereocenters. The van der Waals surface area contributed by atoms with E-state index in [9.17, 15) is 4.39 Å². The molecule has 0 fully saturated rings. The summed E-state index contributed by atoms with van der Waals surface area (Å²) in [6, 6.07) is 12.1. The highest BCUT2D eigenvalue weighted by molar-refractivity contribution is 5.79. The fourth-order valence-electron chi connectivity index (χ4n) is 3.63. The van der Waals surface area contributed by atoms with Crippen LogP contribution in [0.5, 0.6) is 0 Å². The van der Waals surface area contributed by atoms with Crippen molar-refractivity contribution in [3.63, 3.8) is 0 Å². The molecule has 0 aliphatic carbocycles. The number of nitrogens with one attached hydrogen (secondary N) is 2. The minimum Gasteiger partial charge on any atom is -0.321 e. The zero-order chi connectivity index (χ0) is 22.4. The zero-order valence-electron chi connectivity index (χ0n) is 17.4. The van der Waals surface area contributed by atoms with Crippen molar-refractivity contribution in [3.05, 3.63) is 79.3 Å². The molecule has 6 aromatic rings. The molecule has 0 aliphatic rings. The lowest BCUT2D eigenvalue weighted by atomic mass is 10.2. The number of para-hydroxylation sites is 1. The largest absolute Gasteiger partial charge is 0.321 e. The van der Waals surface area contributed by atoms with Gasteiger partial charge in [0.25, 0.3) is 0 Å². The molecule has 162 valence electrons. The summed E-state index contributed by atoms with van der Waals surface area (Å²) >= 11 is 0. The van der Waals surface area contributed by atoms with Crippen molar-refractivity contribution in [1.29, 1.82) is 0 Å². The van der Waals surface area contributed by atoms with Crippen molar-refractivity contribution < 1.29 is 4.39 Å². The van der Waals surface area contributed by atoms with Gasteiger partial charge in [0.15, 0.2) is 5.65 Å². The molecule has 0 radical (unpaired) electrons. The Morgan fingerprint density at radius 2 is 1.88 bits per heavy atom. The average Bonchev–Trinajstić information content (AvgIpc) is 3.54. The molecule has 1 aromatic carbocycles. The van der Waals surface area contributed by atoms with Crippen LogP contribution in [-0.2, 0) is 7.05 Å². The van der Waals surface area contributed by atoms with E-state index in [1.165, 1.54) is 6.07 Å². The topological polar surface area (TPSA) is 102 Å². The number of nitrogens with zero attached hydrogens (tertiary/aromatic N) is 8. The second-order valence-corrected chi connectivity index (χ2v) is 7.37. The van der Waals surface area contributed by atoms with E-state index >= 15 is 0 Å². The molecular formula is C22H17FN10. The lowest BCUT2D eigenvalue weighted by Gasteiger charge is -2.05. The Hall–Kier alpha value is -4.80. The van der Waals surface area contributed by atoms with Crippen LogP contribution in [0, 0.1) is 5.82 Å². The summed E-state index contributed by atoms with van der Waals surface area (Å²) in [7, 11) is 1.84. The molecule has 0 saturated heterocycles. The Balaban J connectivity index is 1.36. The molecule has 0 bridgehead atoms. The van der Waals surface area contributed by atoms with Gasteiger partial charge in [-0.05, 0) is 24.3 Å². The summed E-state index contributed by atoms with van der Waals surface area (Å²) in [6.07, 6.45) is 9.07. The smallest absolute Gasteiger partial charge is 0.233 e. The van der Waals surface area contributed by atoms with E-state index in [-0.39, 0.29) is 5.82 Å². The summed E-state index contributed by atoms with van der Waals surface area (Å²) in [5.41, 5.74) is 3.44. The molecule has 33 heavy (non-hydrogen) atoms. The number of aromatic nitrogens is 8. The van der Waals surface area contributed by atoms with E-state index in [0.717, 1.165) is 22.6 Å². The molecular weight excluding hydrogens is 423 g/mol. The third-order valence-corrected chi connectivity index (χ3v) is 5.28. The standard InChI is InChI=1S/C22H17FN10/c1-31-19(7-9-25-31)28-21-24-8-6-16(26-21)14-12-18-20-29-30-22(33(20)11-10-32(18)13-14)27-17-5-3-2-4-15(17)23/h2-13H,1H3,(H,27,30)(H,24,26,28). The molecule has 11 heteroatoms. The van der Waals surface area contributed by atoms with Crippen molar-refractivity contribution in [1.82, 2.24) is 38.7 Å². The highest BCUT2D eigenvalue weighted by Gasteiger charge is 2.14. The van der Waals surface area contributed by atoms with Gasteiger partial charge in [-0.2, -0.15) is 5.10 Å². The minimum atomic E-state index is -0.361. The Kier molecular flexibility index (Phi) is 4.25. The minimum absolute atomic E-state index is 0.331. The monoisotopic (exact) mass is 440 g/mol. The number of anilines is 4.